The van der Waals surface area contributed by atoms with Crippen molar-refractivity contribution < 1.29 is 9.53 Å². The monoisotopic (exact) mass is 455 g/mol. The van der Waals surface area contributed by atoms with Gasteiger partial charge in [-0.05, 0) is 64.0 Å². The molecule has 0 bridgehead atoms. The number of anilines is 1. The number of benzene rings is 2. The van der Waals surface area contributed by atoms with Gasteiger partial charge in [-0.1, -0.05) is 36.4 Å². The van der Waals surface area contributed by atoms with Gasteiger partial charge in [0.15, 0.2) is 5.11 Å². The zero-order valence-corrected chi connectivity index (χ0v) is 17.3. The topological polar surface area (TPSA) is 63.2 Å². The summed E-state index contributed by atoms with van der Waals surface area (Å²) in [4.78, 5) is 16.5. The Labute approximate surface area is 177 Å². The summed E-state index contributed by atoms with van der Waals surface area (Å²) >= 11 is 8.61. The summed E-state index contributed by atoms with van der Waals surface area (Å²) in [5.41, 5.74) is 1.68. The Hall–Kier alpha value is -2.77. The largest absolute Gasteiger partial charge is 0.492 e. The van der Waals surface area contributed by atoms with E-state index in [0.29, 0.717) is 28.2 Å². The standard InChI is InChI=1S/C21H18BrN3O2S/c22-17-14-16(20(26)25-21(28)24-19-8-4-5-12-23-19)9-10-18(17)27-13-11-15-6-2-1-3-7-15/h1-10,12,14H,11,13H2,(H2,23,24,25,26,28). The van der Waals surface area contributed by atoms with Crippen molar-refractivity contribution in [2.45, 2.75) is 6.42 Å². The number of hydrogen-bond acceptors (Lipinski definition) is 4. The number of amides is 1. The number of ether oxygens (including phenoxy) is 1. The Morgan fingerprint density at radius 1 is 1.07 bits per heavy atom. The number of nitrogens with one attached hydrogen (secondary N) is 2. The molecule has 0 unspecified atom stereocenters. The van der Waals surface area contributed by atoms with E-state index >= 15 is 0 Å². The Morgan fingerprint density at radius 3 is 2.57 bits per heavy atom. The van der Waals surface area contributed by atoms with E-state index in [0.717, 1.165) is 6.42 Å². The minimum atomic E-state index is -0.315. The van der Waals surface area contributed by atoms with Crippen molar-refractivity contribution in [2.24, 2.45) is 0 Å². The third-order valence-electron chi connectivity index (χ3n) is 3.82. The van der Waals surface area contributed by atoms with Gasteiger partial charge in [-0.2, -0.15) is 0 Å². The molecule has 0 aliphatic heterocycles. The first-order chi connectivity index (χ1) is 13.6. The number of carbonyl (C=O) groups excluding carboxylic acids is 1. The second kappa shape index (κ2) is 9.96. The summed E-state index contributed by atoms with van der Waals surface area (Å²) in [6.45, 7) is 0.548. The quantitative estimate of drug-likeness (QED) is 0.532. The van der Waals surface area contributed by atoms with Gasteiger partial charge in [-0.3, -0.25) is 10.1 Å². The van der Waals surface area contributed by atoms with Crippen LogP contribution in [0.15, 0.2) is 77.4 Å². The lowest BCUT2D eigenvalue weighted by atomic mass is 10.2. The third-order valence-corrected chi connectivity index (χ3v) is 4.64. The minimum Gasteiger partial charge on any atom is -0.492 e. The molecule has 2 aromatic carbocycles. The van der Waals surface area contributed by atoms with Crippen molar-refractivity contribution in [1.29, 1.82) is 0 Å². The molecule has 0 atom stereocenters. The molecule has 0 fully saturated rings. The fraction of sp³-hybridized carbons (Fsp3) is 0.0952. The van der Waals surface area contributed by atoms with Crippen LogP contribution in [0, 0.1) is 0 Å². The molecule has 0 saturated heterocycles. The number of rotatable bonds is 6. The lowest BCUT2D eigenvalue weighted by molar-refractivity contribution is 0.0977. The highest BCUT2D eigenvalue weighted by Crippen LogP contribution is 2.26. The summed E-state index contributed by atoms with van der Waals surface area (Å²) in [5.74, 6) is 0.933. The first-order valence-corrected chi connectivity index (χ1v) is 9.81. The van der Waals surface area contributed by atoms with Crippen molar-refractivity contribution in [3.05, 3.63) is 88.5 Å². The predicted octanol–water partition coefficient (Wildman–Crippen LogP) is 4.59. The van der Waals surface area contributed by atoms with E-state index in [9.17, 15) is 4.79 Å². The predicted molar refractivity (Wildman–Crippen MR) is 118 cm³/mol. The first-order valence-electron chi connectivity index (χ1n) is 8.61. The van der Waals surface area contributed by atoms with E-state index in [1.807, 2.05) is 24.3 Å². The smallest absolute Gasteiger partial charge is 0.257 e. The number of aromatic nitrogens is 1. The van der Waals surface area contributed by atoms with Gasteiger partial charge < -0.3 is 10.1 Å². The molecule has 28 heavy (non-hydrogen) atoms. The zero-order valence-electron chi connectivity index (χ0n) is 14.9. The van der Waals surface area contributed by atoms with Crippen LogP contribution < -0.4 is 15.4 Å². The molecular weight excluding hydrogens is 438 g/mol. The van der Waals surface area contributed by atoms with Crippen LogP contribution in [-0.2, 0) is 6.42 Å². The van der Waals surface area contributed by atoms with Gasteiger partial charge >= 0.3 is 0 Å². The van der Waals surface area contributed by atoms with E-state index in [-0.39, 0.29) is 11.0 Å². The van der Waals surface area contributed by atoms with Crippen LogP contribution in [0.1, 0.15) is 15.9 Å². The molecule has 1 heterocycles. The third kappa shape index (κ3) is 5.87. The Morgan fingerprint density at radius 2 is 1.86 bits per heavy atom. The summed E-state index contributed by atoms with van der Waals surface area (Å²) in [6, 6.07) is 20.7. The maximum atomic E-state index is 12.4. The van der Waals surface area contributed by atoms with Crippen LogP contribution in [0.4, 0.5) is 5.82 Å². The van der Waals surface area contributed by atoms with Gasteiger partial charge in [-0.15, -0.1) is 0 Å². The zero-order chi connectivity index (χ0) is 19.8. The van der Waals surface area contributed by atoms with Crippen LogP contribution in [0.3, 0.4) is 0 Å². The van der Waals surface area contributed by atoms with Gasteiger partial charge in [0.1, 0.15) is 11.6 Å². The number of pyridine rings is 1. The number of hydrogen-bond donors (Lipinski definition) is 2. The molecular formula is C21H18BrN3O2S. The molecule has 0 radical (unpaired) electrons. The van der Waals surface area contributed by atoms with Crippen LogP contribution >= 0.6 is 28.1 Å². The molecule has 1 aromatic heterocycles. The summed E-state index contributed by atoms with van der Waals surface area (Å²) in [5, 5.41) is 5.68. The van der Waals surface area contributed by atoms with Crippen molar-refractivity contribution in [2.75, 3.05) is 11.9 Å². The van der Waals surface area contributed by atoms with Crippen molar-refractivity contribution in [1.82, 2.24) is 10.3 Å². The van der Waals surface area contributed by atoms with Crippen molar-refractivity contribution in [3.8, 4) is 5.75 Å². The maximum Gasteiger partial charge on any atom is 0.257 e. The Kier molecular flexibility index (Phi) is 7.11. The van der Waals surface area contributed by atoms with E-state index in [1.54, 1.807) is 36.5 Å². The second-order valence-corrected chi connectivity index (χ2v) is 7.12. The summed E-state index contributed by atoms with van der Waals surface area (Å²) in [7, 11) is 0. The lowest BCUT2D eigenvalue weighted by Gasteiger charge is -2.11. The summed E-state index contributed by atoms with van der Waals surface area (Å²) < 4.78 is 6.52. The van der Waals surface area contributed by atoms with Gasteiger partial charge in [-0.25, -0.2) is 4.98 Å². The minimum absolute atomic E-state index is 0.183. The van der Waals surface area contributed by atoms with Gasteiger partial charge in [0.25, 0.3) is 5.91 Å². The van der Waals surface area contributed by atoms with Crippen LogP contribution in [0.2, 0.25) is 0 Å². The molecule has 142 valence electrons. The Bertz CT molecular complexity index is 952. The van der Waals surface area contributed by atoms with Crippen molar-refractivity contribution >= 4 is 45.0 Å². The van der Waals surface area contributed by atoms with Gasteiger partial charge in [0.05, 0.1) is 11.1 Å². The van der Waals surface area contributed by atoms with E-state index in [2.05, 4.69) is 43.7 Å². The van der Waals surface area contributed by atoms with Crippen LogP contribution in [0.5, 0.6) is 5.75 Å². The highest BCUT2D eigenvalue weighted by molar-refractivity contribution is 9.10. The normalized spacial score (nSPS) is 10.2. The fourth-order valence-electron chi connectivity index (χ4n) is 2.44. The highest BCUT2D eigenvalue weighted by atomic mass is 79.9. The molecule has 3 aromatic rings. The first kappa shape index (κ1) is 20.0. The Balaban J connectivity index is 1.53. The molecule has 7 heteroatoms. The number of thiocarbonyl (C=S) groups is 1. The summed E-state index contributed by atoms with van der Waals surface area (Å²) in [6.07, 6.45) is 2.45. The lowest BCUT2D eigenvalue weighted by Crippen LogP contribution is -2.34. The van der Waals surface area contributed by atoms with E-state index < -0.39 is 0 Å². The van der Waals surface area contributed by atoms with Crippen LogP contribution in [0.25, 0.3) is 0 Å². The molecule has 5 nitrogen and oxygen atoms in total. The van der Waals surface area contributed by atoms with Gasteiger partial charge in [0, 0.05) is 18.2 Å². The van der Waals surface area contributed by atoms with Crippen LogP contribution in [-0.4, -0.2) is 22.6 Å². The maximum absolute atomic E-state index is 12.4. The molecule has 0 saturated carbocycles. The number of halogens is 1. The molecule has 3 rings (SSSR count). The average Bonchev–Trinajstić information content (AvgIpc) is 2.70. The molecule has 2 N–H and O–H groups in total. The second-order valence-electron chi connectivity index (χ2n) is 5.85. The SMILES string of the molecule is O=C(NC(=S)Nc1ccccn1)c1ccc(OCCc2ccccc2)c(Br)c1. The number of nitrogens with zero attached hydrogens (tertiary/aromatic N) is 1. The molecule has 1 amide bonds. The average molecular weight is 456 g/mol. The fourth-order valence-corrected chi connectivity index (χ4v) is 3.13. The molecule has 0 aliphatic rings. The number of carbonyl (C=O) groups is 1. The highest BCUT2D eigenvalue weighted by Gasteiger charge is 2.11. The van der Waals surface area contributed by atoms with Crippen molar-refractivity contribution in [3.63, 3.8) is 0 Å². The molecule has 0 spiro atoms. The van der Waals surface area contributed by atoms with E-state index in [1.165, 1.54) is 5.56 Å². The van der Waals surface area contributed by atoms with Gasteiger partial charge in [0.2, 0.25) is 0 Å². The van der Waals surface area contributed by atoms with E-state index in [4.69, 9.17) is 17.0 Å². The molecule has 0 aliphatic carbocycles.